The van der Waals surface area contributed by atoms with Crippen LogP contribution in [0, 0.1) is 17.7 Å². The van der Waals surface area contributed by atoms with Crippen LogP contribution in [0.25, 0.3) is 0 Å². The van der Waals surface area contributed by atoms with Crippen LogP contribution in [0.2, 0.25) is 0 Å². The van der Waals surface area contributed by atoms with Crippen LogP contribution in [0.1, 0.15) is 108 Å². The van der Waals surface area contributed by atoms with Crippen LogP contribution < -0.4 is 0 Å². The summed E-state index contributed by atoms with van der Waals surface area (Å²) in [7, 11) is 0. The first kappa shape index (κ1) is 25.9. The SMILES string of the molecule is CC1CN=C(CC[C@@H](C)c2ccccc2F)OC(C)(C)[C@H]1Cc1ccc(C2CCCCCC2)cc1. The van der Waals surface area contributed by atoms with Crippen molar-refractivity contribution in [3.63, 3.8) is 0 Å². The van der Waals surface area contributed by atoms with Gasteiger partial charge in [-0.3, -0.25) is 4.99 Å². The van der Waals surface area contributed by atoms with Gasteiger partial charge in [0.15, 0.2) is 5.90 Å². The number of nitrogens with zero attached hydrogens (tertiary/aromatic N) is 1. The summed E-state index contributed by atoms with van der Waals surface area (Å²) < 4.78 is 20.7. The standard InChI is InChI=1S/C32H44FNO/c1-23(28-13-9-10-14-30(28)33)15-20-31-34-22-24(2)29(32(3,4)35-31)21-25-16-18-27(19-17-25)26-11-7-5-6-8-12-26/h9-10,13-14,16-19,23-24,26,29H,5-8,11-12,15,20-22H2,1-4H3/t23-,24?,29+/m1/s1. The zero-order valence-corrected chi connectivity index (χ0v) is 22.2. The van der Waals surface area contributed by atoms with Crippen molar-refractivity contribution in [1.29, 1.82) is 0 Å². The molecule has 0 aromatic heterocycles. The van der Waals surface area contributed by atoms with E-state index < -0.39 is 0 Å². The molecule has 0 N–H and O–H groups in total. The Morgan fingerprint density at radius 3 is 2.37 bits per heavy atom. The van der Waals surface area contributed by atoms with Gasteiger partial charge in [-0.15, -0.1) is 0 Å². The van der Waals surface area contributed by atoms with E-state index >= 15 is 0 Å². The fourth-order valence-corrected chi connectivity index (χ4v) is 6.21. The Morgan fingerprint density at radius 2 is 1.69 bits per heavy atom. The third kappa shape index (κ3) is 6.74. The molecule has 0 radical (unpaired) electrons. The van der Waals surface area contributed by atoms with E-state index in [1.807, 2.05) is 12.1 Å². The predicted octanol–water partition coefficient (Wildman–Crippen LogP) is 8.85. The Kier molecular flexibility index (Phi) is 8.68. The molecule has 1 aliphatic carbocycles. The first-order valence-corrected chi connectivity index (χ1v) is 13.9. The van der Waals surface area contributed by atoms with Gasteiger partial charge in [-0.05, 0) is 80.0 Å². The number of hydrogen-bond acceptors (Lipinski definition) is 2. The maximum atomic E-state index is 14.2. The summed E-state index contributed by atoms with van der Waals surface area (Å²) in [5.74, 6) is 2.41. The van der Waals surface area contributed by atoms with Crippen LogP contribution in [0.5, 0.6) is 0 Å². The molecule has 0 saturated heterocycles. The van der Waals surface area contributed by atoms with E-state index in [1.54, 1.807) is 12.1 Å². The van der Waals surface area contributed by atoms with E-state index in [2.05, 4.69) is 52.0 Å². The first-order chi connectivity index (χ1) is 16.8. The molecular weight excluding hydrogens is 433 g/mol. The van der Waals surface area contributed by atoms with E-state index in [0.717, 1.165) is 43.2 Å². The second-order valence-electron chi connectivity index (χ2n) is 11.6. The van der Waals surface area contributed by atoms with Crippen molar-refractivity contribution in [1.82, 2.24) is 0 Å². The van der Waals surface area contributed by atoms with E-state index in [1.165, 1.54) is 49.7 Å². The lowest BCUT2D eigenvalue weighted by Crippen LogP contribution is -2.40. The molecule has 190 valence electrons. The van der Waals surface area contributed by atoms with Crippen molar-refractivity contribution in [2.24, 2.45) is 16.8 Å². The fraction of sp³-hybridized carbons (Fsp3) is 0.594. The Balaban J connectivity index is 1.37. The van der Waals surface area contributed by atoms with Crippen LogP contribution in [0.3, 0.4) is 0 Å². The van der Waals surface area contributed by atoms with Crippen molar-refractivity contribution in [2.45, 2.75) is 103 Å². The molecule has 2 aromatic rings. The number of aliphatic imine (C=N–C) groups is 1. The minimum Gasteiger partial charge on any atom is -0.475 e. The van der Waals surface area contributed by atoms with Crippen LogP contribution in [0.4, 0.5) is 4.39 Å². The molecular formula is C32H44FNO. The number of ether oxygens (including phenoxy) is 1. The molecule has 2 nitrogen and oxygen atoms in total. The summed E-state index contributed by atoms with van der Waals surface area (Å²) in [6, 6.07) is 16.6. The van der Waals surface area contributed by atoms with Gasteiger partial charge in [0.05, 0.1) is 0 Å². The van der Waals surface area contributed by atoms with E-state index in [0.29, 0.717) is 11.8 Å². The summed E-state index contributed by atoms with van der Waals surface area (Å²) >= 11 is 0. The molecule has 1 heterocycles. The molecule has 1 aliphatic heterocycles. The van der Waals surface area contributed by atoms with E-state index in [4.69, 9.17) is 9.73 Å². The minimum absolute atomic E-state index is 0.122. The Bertz CT molecular complexity index is 971. The van der Waals surface area contributed by atoms with Gasteiger partial charge in [-0.25, -0.2) is 4.39 Å². The number of benzene rings is 2. The minimum atomic E-state index is -0.296. The van der Waals surface area contributed by atoms with E-state index in [9.17, 15) is 4.39 Å². The molecule has 1 saturated carbocycles. The van der Waals surface area contributed by atoms with Gasteiger partial charge in [0.1, 0.15) is 11.4 Å². The third-order valence-electron chi connectivity index (χ3n) is 8.51. The summed E-state index contributed by atoms with van der Waals surface area (Å²) in [6.07, 6.45) is 10.8. The molecule has 2 aliphatic rings. The van der Waals surface area contributed by atoms with Crippen molar-refractivity contribution >= 4 is 5.90 Å². The topological polar surface area (TPSA) is 21.6 Å². The molecule has 3 atom stereocenters. The summed E-state index contributed by atoms with van der Waals surface area (Å²) in [5.41, 5.74) is 3.40. The third-order valence-corrected chi connectivity index (χ3v) is 8.51. The van der Waals surface area contributed by atoms with Gasteiger partial charge < -0.3 is 4.74 Å². The smallest absolute Gasteiger partial charge is 0.183 e. The van der Waals surface area contributed by atoms with Crippen LogP contribution >= 0.6 is 0 Å². The average molecular weight is 478 g/mol. The number of halogens is 1. The molecule has 0 bridgehead atoms. The summed E-state index contributed by atoms with van der Waals surface area (Å²) in [4.78, 5) is 4.86. The molecule has 0 spiro atoms. The zero-order chi connectivity index (χ0) is 24.8. The molecule has 4 rings (SSSR count). The first-order valence-electron chi connectivity index (χ1n) is 13.9. The highest BCUT2D eigenvalue weighted by Gasteiger charge is 2.38. The fourth-order valence-electron chi connectivity index (χ4n) is 6.21. The molecule has 2 aromatic carbocycles. The highest BCUT2D eigenvalue weighted by Crippen LogP contribution is 2.36. The monoisotopic (exact) mass is 477 g/mol. The van der Waals surface area contributed by atoms with Gasteiger partial charge in [-0.1, -0.05) is 82.0 Å². The van der Waals surface area contributed by atoms with Gasteiger partial charge in [-0.2, -0.15) is 0 Å². The maximum absolute atomic E-state index is 14.2. The molecule has 3 heteroatoms. The van der Waals surface area contributed by atoms with Crippen molar-refractivity contribution in [3.05, 3.63) is 71.0 Å². The van der Waals surface area contributed by atoms with Crippen molar-refractivity contribution in [3.8, 4) is 0 Å². The summed E-state index contributed by atoms with van der Waals surface area (Å²) in [6.45, 7) is 9.62. The van der Waals surface area contributed by atoms with Crippen molar-refractivity contribution in [2.75, 3.05) is 6.54 Å². The molecule has 1 unspecified atom stereocenters. The average Bonchev–Trinajstić information content (AvgIpc) is 3.18. The number of rotatable bonds is 7. The van der Waals surface area contributed by atoms with E-state index in [-0.39, 0.29) is 17.3 Å². The zero-order valence-electron chi connectivity index (χ0n) is 22.2. The summed E-state index contributed by atoms with van der Waals surface area (Å²) in [5, 5.41) is 0. The second-order valence-corrected chi connectivity index (χ2v) is 11.6. The normalized spacial score (nSPS) is 24.1. The quantitative estimate of drug-likeness (QED) is 0.365. The van der Waals surface area contributed by atoms with Crippen LogP contribution in [-0.4, -0.2) is 18.0 Å². The van der Waals surface area contributed by atoms with Gasteiger partial charge in [0.25, 0.3) is 0 Å². The largest absolute Gasteiger partial charge is 0.475 e. The Hall–Kier alpha value is -2.16. The highest BCUT2D eigenvalue weighted by atomic mass is 19.1. The number of hydrogen-bond donors (Lipinski definition) is 0. The van der Waals surface area contributed by atoms with Crippen LogP contribution in [-0.2, 0) is 11.2 Å². The molecule has 35 heavy (non-hydrogen) atoms. The lowest BCUT2D eigenvalue weighted by molar-refractivity contribution is 0.0134. The van der Waals surface area contributed by atoms with Crippen molar-refractivity contribution < 1.29 is 9.13 Å². The highest BCUT2D eigenvalue weighted by molar-refractivity contribution is 5.77. The Morgan fingerprint density at radius 1 is 1.00 bits per heavy atom. The predicted molar refractivity (Wildman–Crippen MR) is 145 cm³/mol. The lowest BCUT2D eigenvalue weighted by atomic mass is 9.77. The second kappa shape index (κ2) is 11.7. The molecule has 0 amide bonds. The van der Waals surface area contributed by atoms with Crippen LogP contribution in [0.15, 0.2) is 53.5 Å². The van der Waals surface area contributed by atoms with Gasteiger partial charge in [0.2, 0.25) is 0 Å². The van der Waals surface area contributed by atoms with Gasteiger partial charge in [0, 0.05) is 18.9 Å². The Labute approximate surface area is 212 Å². The van der Waals surface area contributed by atoms with Gasteiger partial charge >= 0.3 is 0 Å². The lowest BCUT2D eigenvalue weighted by Gasteiger charge is -2.36. The maximum Gasteiger partial charge on any atom is 0.183 e. The molecule has 1 fully saturated rings.